The molecule has 1 heterocycles. The fraction of sp³-hybridized carbons (Fsp3) is 0.733. The Morgan fingerprint density at radius 3 is 2.53 bits per heavy atom. The molecule has 1 nitrogen and oxygen atoms in total. The summed E-state index contributed by atoms with van der Waals surface area (Å²) in [5, 5.41) is 3.70. The Hall–Kier alpha value is -0.340. The molecule has 0 aliphatic rings. The first-order valence-electron chi connectivity index (χ1n) is 7.02. The van der Waals surface area contributed by atoms with Gasteiger partial charge in [0, 0.05) is 21.8 Å². The minimum atomic E-state index is 0.497. The lowest BCUT2D eigenvalue weighted by Crippen LogP contribution is -2.28. The van der Waals surface area contributed by atoms with E-state index in [-0.39, 0.29) is 0 Å². The maximum absolute atomic E-state index is 3.70. The average Bonchev–Trinajstić information content (AvgIpc) is 2.78. The highest BCUT2D eigenvalue weighted by atomic mass is 32.1. The minimum absolute atomic E-state index is 0.497. The molecule has 0 spiro atoms. The summed E-state index contributed by atoms with van der Waals surface area (Å²) in [7, 11) is 0. The lowest BCUT2D eigenvalue weighted by atomic mass is 10.1. The van der Waals surface area contributed by atoms with Gasteiger partial charge < -0.3 is 5.32 Å². The van der Waals surface area contributed by atoms with Crippen LogP contribution in [-0.4, -0.2) is 6.04 Å². The lowest BCUT2D eigenvalue weighted by molar-refractivity contribution is 0.443. The maximum Gasteiger partial charge on any atom is 0.0388 e. The summed E-state index contributed by atoms with van der Waals surface area (Å²) >= 11 is 1.95. The van der Waals surface area contributed by atoms with E-state index in [9.17, 15) is 0 Å². The number of thiophene rings is 1. The molecule has 0 aliphatic carbocycles. The molecule has 2 heteroatoms. The summed E-state index contributed by atoms with van der Waals surface area (Å²) in [5.74, 6) is 0. The molecule has 0 aromatic carbocycles. The normalized spacial score (nSPS) is 14.8. The van der Waals surface area contributed by atoms with Crippen molar-refractivity contribution in [3.8, 4) is 0 Å². The van der Waals surface area contributed by atoms with Gasteiger partial charge in [0.1, 0.15) is 0 Å². The largest absolute Gasteiger partial charge is 0.307 e. The SMILES string of the molecule is CCCCCC(C)NC(C)c1ccc(CC)s1. The quantitative estimate of drug-likeness (QED) is 0.648. The van der Waals surface area contributed by atoms with Crippen molar-refractivity contribution in [3.05, 3.63) is 21.9 Å². The Morgan fingerprint density at radius 1 is 1.18 bits per heavy atom. The zero-order valence-electron chi connectivity index (χ0n) is 11.8. The van der Waals surface area contributed by atoms with Gasteiger partial charge in [-0.1, -0.05) is 33.1 Å². The summed E-state index contributed by atoms with van der Waals surface area (Å²) in [6, 6.07) is 5.67. The maximum atomic E-state index is 3.70. The number of aryl methyl sites for hydroxylation is 1. The zero-order chi connectivity index (χ0) is 12.7. The van der Waals surface area contributed by atoms with E-state index in [1.54, 1.807) is 0 Å². The van der Waals surface area contributed by atoms with Crippen LogP contribution in [0.3, 0.4) is 0 Å². The van der Waals surface area contributed by atoms with E-state index >= 15 is 0 Å². The summed E-state index contributed by atoms with van der Waals surface area (Å²) in [6.45, 7) is 9.07. The van der Waals surface area contributed by atoms with Crippen molar-refractivity contribution in [1.29, 1.82) is 0 Å². The molecule has 2 atom stereocenters. The smallest absolute Gasteiger partial charge is 0.0388 e. The molecule has 0 fully saturated rings. The molecular weight excluding hydrogens is 226 g/mol. The molecule has 17 heavy (non-hydrogen) atoms. The van der Waals surface area contributed by atoms with Crippen LogP contribution >= 0.6 is 11.3 Å². The van der Waals surface area contributed by atoms with Crippen LogP contribution in [0.15, 0.2) is 12.1 Å². The molecular formula is C15H27NS. The van der Waals surface area contributed by atoms with Crippen molar-refractivity contribution >= 4 is 11.3 Å². The van der Waals surface area contributed by atoms with Crippen LogP contribution < -0.4 is 5.32 Å². The van der Waals surface area contributed by atoms with Gasteiger partial charge in [-0.15, -0.1) is 11.3 Å². The Balaban J connectivity index is 2.34. The monoisotopic (exact) mass is 253 g/mol. The number of nitrogens with one attached hydrogen (secondary N) is 1. The fourth-order valence-corrected chi connectivity index (χ4v) is 3.07. The fourth-order valence-electron chi connectivity index (χ4n) is 2.11. The Bertz CT molecular complexity index is 306. The van der Waals surface area contributed by atoms with Crippen LogP contribution in [0.5, 0.6) is 0 Å². The Kier molecular flexibility index (Phi) is 6.83. The van der Waals surface area contributed by atoms with Gasteiger partial charge in [0.2, 0.25) is 0 Å². The number of hydrogen-bond acceptors (Lipinski definition) is 2. The first-order chi connectivity index (χ1) is 8.17. The molecule has 0 aliphatic heterocycles. The van der Waals surface area contributed by atoms with Gasteiger partial charge in [0.15, 0.2) is 0 Å². The predicted octanol–water partition coefficient (Wildman–Crippen LogP) is 4.93. The second-order valence-corrected chi connectivity index (χ2v) is 6.14. The van der Waals surface area contributed by atoms with E-state index in [1.165, 1.54) is 35.4 Å². The molecule has 1 aromatic heterocycles. The van der Waals surface area contributed by atoms with Gasteiger partial charge >= 0.3 is 0 Å². The topological polar surface area (TPSA) is 12.0 Å². The number of unbranched alkanes of at least 4 members (excludes halogenated alkanes) is 2. The lowest BCUT2D eigenvalue weighted by Gasteiger charge is -2.19. The second-order valence-electron chi connectivity index (χ2n) is 4.94. The summed E-state index contributed by atoms with van der Waals surface area (Å²) < 4.78 is 0. The molecule has 1 aromatic rings. The highest BCUT2D eigenvalue weighted by molar-refractivity contribution is 7.12. The molecule has 1 rings (SSSR count). The third-order valence-corrected chi connectivity index (χ3v) is 4.65. The predicted molar refractivity (Wildman–Crippen MR) is 78.9 cm³/mol. The van der Waals surface area contributed by atoms with Gasteiger partial charge in [0.25, 0.3) is 0 Å². The minimum Gasteiger partial charge on any atom is -0.307 e. The van der Waals surface area contributed by atoms with Crippen LogP contribution in [0.4, 0.5) is 0 Å². The van der Waals surface area contributed by atoms with Crippen LogP contribution in [0.25, 0.3) is 0 Å². The standard InChI is InChI=1S/C15H27NS/c1-5-7-8-9-12(3)16-13(4)15-11-10-14(6-2)17-15/h10-13,16H,5-9H2,1-4H3. The van der Waals surface area contributed by atoms with Crippen molar-refractivity contribution in [2.24, 2.45) is 0 Å². The van der Waals surface area contributed by atoms with Crippen molar-refractivity contribution in [2.45, 2.75) is 71.9 Å². The zero-order valence-corrected chi connectivity index (χ0v) is 12.6. The summed E-state index contributed by atoms with van der Waals surface area (Å²) in [4.78, 5) is 2.97. The van der Waals surface area contributed by atoms with E-state index in [0.29, 0.717) is 12.1 Å². The summed E-state index contributed by atoms with van der Waals surface area (Å²) in [5.41, 5.74) is 0. The molecule has 1 N–H and O–H groups in total. The van der Waals surface area contributed by atoms with E-state index in [4.69, 9.17) is 0 Å². The molecule has 98 valence electrons. The van der Waals surface area contributed by atoms with Crippen LogP contribution in [0.1, 0.15) is 69.2 Å². The number of hydrogen-bond donors (Lipinski definition) is 1. The molecule has 0 amide bonds. The average molecular weight is 253 g/mol. The van der Waals surface area contributed by atoms with E-state index in [1.807, 2.05) is 11.3 Å². The molecule has 0 saturated heterocycles. The third-order valence-electron chi connectivity index (χ3n) is 3.23. The molecule has 0 radical (unpaired) electrons. The van der Waals surface area contributed by atoms with Crippen molar-refractivity contribution in [1.82, 2.24) is 5.32 Å². The van der Waals surface area contributed by atoms with Gasteiger partial charge in [-0.05, 0) is 38.8 Å². The Labute approximate surface area is 111 Å². The first kappa shape index (κ1) is 14.7. The number of rotatable bonds is 8. The molecule has 0 bridgehead atoms. The van der Waals surface area contributed by atoms with Gasteiger partial charge in [0.05, 0.1) is 0 Å². The first-order valence-corrected chi connectivity index (χ1v) is 7.83. The van der Waals surface area contributed by atoms with Crippen molar-refractivity contribution in [3.63, 3.8) is 0 Å². The highest BCUT2D eigenvalue weighted by Gasteiger charge is 2.11. The van der Waals surface area contributed by atoms with Crippen LogP contribution in [0.2, 0.25) is 0 Å². The molecule has 2 unspecified atom stereocenters. The van der Waals surface area contributed by atoms with Gasteiger partial charge in [-0.25, -0.2) is 0 Å². The van der Waals surface area contributed by atoms with E-state index in [0.717, 1.165) is 6.42 Å². The van der Waals surface area contributed by atoms with Crippen molar-refractivity contribution in [2.75, 3.05) is 0 Å². The summed E-state index contributed by atoms with van der Waals surface area (Å²) in [6.07, 6.45) is 6.47. The second kappa shape index (κ2) is 7.88. The van der Waals surface area contributed by atoms with Gasteiger partial charge in [-0.2, -0.15) is 0 Å². The van der Waals surface area contributed by atoms with Gasteiger partial charge in [-0.3, -0.25) is 0 Å². The third kappa shape index (κ3) is 5.22. The van der Waals surface area contributed by atoms with E-state index in [2.05, 4.69) is 45.1 Å². The molecule has 0 saturated carbocycles. The van der Waals surface area contributed by atoms with Crippen molar-refractivity contribution < 1.29 is 0 Å². The van der Waals surface area contributed by atoms with E-state index < -0.39 is 0 Å². The van der Waals surface area contributed by atoms with Crippen LogP contribution in [-0.2, 0) is 6.42 Å². The Morgan fingerprint density at radius 2 is 1.94 bits per heavy atom. The highest BCUT2D eigenvalue weighted by Crippen LogP contribution is 2.24. The van der Waals surface area contributed by atoms with Crippen LogP contribution in [0, 0.1) is 0 Å².